The number of nitrogen functional groups attached to an aromatic ring is 1. The van der Waals surface area contributed by atoms with Crippen LogP contribution in [0.3, 0.4) is 0 Å². The SMILES string of the molecule is CC(C)(C=C(C#N)C(=O)N1CCCC1Cn1c(=O)n(-c2ccc(Oc3ccccc3)cc2)c2c(N)ncnc21)N1CC(O)C1. The van der Waals surface area contributed by atoms with Crippen molar-refractivity contribution < 1.29 is 14.6 Å². The first kappa shape index (κ1) is 29.1. The van der Waals surface area contributed by atoms with E-state index in [0.717, 1.165) is 6.42 Å². The fraction of sp³-hybridized carbons (Fsp3) is 0.344. The summed E-state index contributed by atoms with van der Waals surface area (Å²) in [6.07, 6.45) is 4.00. The molecule has 2 saturated heterocycles. The van der Waals surface area contributed by atoms with E-state index in [2.05, 4.69) is 16.0 Å². The lowest BCUT2D eigenvalue weighted by atomic mass is 9.94. The van der Waals surface area contributed by atoms with Gasteiger partial charge < -0.3 is 20.5 Å². The van der Waals surface area contributed by atoms with Gasteiger partial charge in [0.05, 0.1) is 17.8 Å². The smallest absolute Gasteiger partial charge is 0.335 e. The first-order valence-corrected chi connectivity index (χ1v) is 14.6. The van der Waals surface area contributed by atoms with Crippen molar-refractivity contribution in [3.8, 4) is 23.3 Å². The first-order chi connectivity index (χ1) is 21.2. The summed E-state index contributed by atoms with van der Waals surface area (Å²) in [7, 11) is 0. The molecular formula is C32H34N8O4. The van der Waals surface area contributed by atoms with Gasteiger partial charge >= 0.3 is 5.69 Å². The number of aliphatic hydroxyl groups is 1. The van der Waals surface area contributed by atoms with Gasteiger partial charge in [-0.05, 0) is 69.2 Å². The van der Waals surface area contributed by atoms with E-state index in [1.807, 2.05) is 49.1 Å². The molecule has 4 aromatic rings. The average molecular weight is 595 g/mol. The third-order valence-electron chi connectivity index (χ3n) is 8.36. The number of amides is 1. The van der Waals surface area contributed by atoms with Gasteiger partial charge in [0.25, 0.3) is 5.91 Å². The van der Waals surface area contributed by atoms with Gasteiger partial charge in [0.15, 0.2) is 11.5 Å². The molecule has 2 aromatic carbocycles. The van der Waals surface area contributed by atoms with E-state index in [9.17, 15) is 20.0 Å². The van der Waals surface area contributed by atoms with Crippen LogP contribution in [0.25, 0.3) is 16.9 Å². The maximum absolute atomic E-state index is 14.0. The molecule has 12 heteroatoms. The molecule has 2 aromatic heterocycles. The number of β-amino-alcohol motifs (C(OH)–C–C–N with tert-alkyl or cyclic N) is 1. The number of ether oxygens (including phenoxy) is 1. The molecule has 0 saturated carbocycles. The highest BCUT2D eigenvalue weighted by atomic mass is 16.5. The molecule has 6 rings (SSSR count). The number of nitrogens with zero attached hydrogens (tertiary/aromatic N) is 7. The third-order valence-corrected chi connectivity index (χ3v) is 8.36. The maximum atomic E-state index is 14.0. The largest absolute Gasteiger partial charge is 0.457 e. The van der Waals surface area contributed by atoms with Gasteiger partial charge in [-0.25, -0.2) is 14.8 Å². The van der Waals surface area contributed by atoms with Gasteiger partial charge in [0.1, 0.15) is 35.0 Å². The maximum Gasteiger partial charge on any atom is 0.335 e. The molecule has 0 radical (unpaired) electrons. The summed E-state index contributed by atoms with van der Waals surface area (Å²) in [5, 5.41) is 19.7. The highest BCUT2D eigenvalue weighted by molar-refractivity contribution is 5.97. The summed E-state index contributed by atoms with van der Waals surface area (Å²) in [4.78, 5) is 39.9. The number of hydrogen-bond donors (Lipinski definition) is 2. The van der Waals surface area contributed by atoms with Crippen molar-refractivity contribution in [3.63, 3.8) is 0 Å². The molecule has 0 bridgehead atoms. The molecule has 1 amide bonds. The van der Waals surface area contributed by atoms with E-state index in [0.29, 0.717) is 54.4 Å². The summed E-state index contributed by atoms with van der Waals surface area (Å²) in [5.41, 5.74) is 6.69. The van der Waals surface area contributed by atoms with Crippen LogP contribution in [-0.4, -0.2) is 77.2 Å². The van der Waals surface area contributed by atoms with E-state index in [-0.39, 0.29) is 35.6 Å². The highest BCUT2D eigenvalue weighted by Gasteiger charge is 2.38. The number of imidazole rings is 1. The van der Waals surface area contributed by atoms with Crippen LogP contribution in [0.4, 0.5) is 5.82 Å². The molecule has 2 fully saturated rings. The zero-order valence-electron chi connectivity index (χ0n) is 24.6. The lowest BCUT2D eigenvalue weighted by molar-refractivity contribution is -0.127. The van der Waals surface area contributed by atoms with Crippen LogP contribution in [0.2, 0.25) is 0 Å². The number of fused-ring (bicyclic) bond motifs is 1. The number of carbonyl (C=O) groups is 1. The number of rotatable bonds is 8. The van der Waals surface area contributed by atoms with Crippen molar-refractivity contribution in [1.82, 2.24) is 28.9 Å². The van der Waals surface area contributed by atoms with Gasteiger partial charge in [0, 0.05) is 31.7 Å². The van der Waals surface area contributed by atoms with Crippen LogP contribution in [-0.2, 0) is 11.3 Å². The summed E-state index contributed by atoms with van der Waals surface area (Å²) >= 11 is 0. The van der Waals surface area contributed by atoms with E-state index in [1.54, 1.807) is 35.2 Å². The van der Waals surface area contributed by atoms with Crippen LogP contribution < -0.4 is 16.2 Å². The molecule has 4 heterocycles. The zero-order valence-corrected chi connectivity index (χ0v) is 24.6. The van der Waals surface area contributed by atoms with Crippen molar-refractivity contribution >= 4 is 22.9 Å². The van der Waals surface area contributed by atoms with Crippen LogP contribution in [0.5, 0.6) is 11.5 Å². The molecule has 3 N–H and O–H groups in total. The van der Waals surface area contributed by atoms with Crippen molar-refractivity contribution in [1.29, 1.82) is 5.26 Å². The molecule has 0 spiro atoms. The number of aromatic nitrogens is 4. The Bertz CT molecular complexity index is 1820. The molecule has 1 unspecified atom stereocenters. The van der Waals surface area contributed by atoms with E-state index in [1.165, 1.54) is 15.5 Å². The van der Waals surface area contributed by atoms with Gasteiger partial charge in [-0.15, -0.1) is 0 Å². The highest BCUT2D eigenvalue weighted by Crippen LogP contribution is 2.29. The average Bonchev–Trinajstić information content (AvgIpc) is 3.58. The van der Waals surface area contributed by atoms with Crippen molar-refractivity contribution in [2.24, 2.45) is 0 Å². The number of likely N-dealkylation sites (tertiary alicyclic amines) is 2. The number of nitriles is 1. The Labute approximate surface area is 254 Å². The van der Waals surface area contributed by atoms with Crippen molar-refractivity contribution in [3.05, 3.63) is 83.1 Å². The normalized spacial score (nSPS) is 17.9. The second kappa shape index (κ2) is 11.6. The Morgan fingerprint density at radius 2 is 1.84 bits per heavy atom. The number of para-hydroxylation sites is 1. The fourth-order valence-electron chi connectivity index (χ4n) is 5.96. The second-order valence-corrected chi connectivity index (χ2v) is 11.7. The van der Waals surface area contributed by atoms with Gasteiger partial charge in [-0.1, -0.05) is 18.2 Å². The summed E-state index contributed by atoms with van der Waals surface area (Å²) in [5.74, 6) is 1.09. The number of benzene rings is 2. The zero-order chi connectivity index (χ0) is 31.0. The van der Waals surface area contributed by atoms with E-state index in [4.69, 9.17) is 10.5 Å². The summed E-state index contributed by atoms with van der Waals surface area (Å²) in [6, 6.07) is 18.2. The quantitative estimate of drug-likeness (QED) is 0.231. The van der Waals surface area contributed by atoms with E-state index < -0.39 is 11.6 Å². The van der Waals surface area contributed by atoms with E-state index >= 15 is 0 Å². The standard InChI is InChI=1S/C32H34N8O4/c1-32(2,37-18-24(41)19-37)15-21(16-33)30(42)38-14-6-7-23(38)17-39-29-27(28(34)35-20-36-29)40(31(39)43)22-10-12-26(13-11-22)44-25-8-4-3-5-9-25/h3-5,8-13,15,20,23-24,41H,6-7,14,17-19H2,1-2H3,(H2,34,35,36). The number of carbonyl (C=O) groups excluding carboxylic acids is 1. The Morgan fingerprint density at radius 1 is 1.14 bits per heavy atom. The first-order valence-electron chi connectivity index (χ1n) is 14.6. The van der Waals surface area contributed by atoms with Crippen LogP contribution >= 0.6 is 0 Å². The molecule has 2 aliphatic rings. The second-order valence-electron chi connectivity index (χ2n) is 11.7. The van der Waals surface area contributed by atoms with Gasteiger partial charge in [-0.2, -0.15) is 5.26 Å². The monoisotopic (exact) mass is 594 g/mol. The number of hydrogen-bond acceptors (Lipinski definition) is 9. The number of anilines is 1. The van der Waals surface area contributed by atoms with Crippen molar-refractivity contribution in [2.45, 2.75) is 50.9 Å². The molecule has 0 aliphatic carbocycles. The predicted octanol–water partition coefficient (Wildman–Crippen LogP) is 2.85. The molecule has 12 nitrogen and oxygen atoms in total. The molecular weight excluding hydrogens is 560 g/mol. The van der Waals surface area contributed by atoms with Crippen LogP contribution in [0, 0.1) is 11.3 Å². The predicted molar refractivity (Wildman–Crippen MR) is 164 cm³/mol. The third kappa shape index (κ3) is 5.43. The van der Waals surface area contributed by atoms with Crippen molar-refractivity contribution in [2.75, 3.05) is 25.4 Å². The minimum atomic E-state index is -0.574. The fourth-order valence-corrected chi connectivity index (χ4v) is 5.96. The van der Waals surface area contributed by atoms with Gasteiger partial charge in [0.2, 0.25) is 0 Å². The van der Waals surface area contributed by atoms with Crippen LogP contribution in [0.15, 0.2) is 77.4 Å². The Kier molecular flexibility index (Phi) is 7.67. The molecule has 226 valence electrons. The lowest BCUT2D eigenvalue weighted by Gasteiger charge is -2.46. The molecule has 2 aliphatic heterocycles. The molecule has 1 atom stereocenters. The summed E-state index contributed by atoms with van der Waals surface area (Å²) < 4.78 is 8.91. The lowest BCUT2D eigenvalue weighted by Crippen LogP contribution is -2.59. The minimum Gasteiger partial charge on any atom is -0.457 e. The van der Waals surface area contributed by atoms with Gasteiger partial charge in [-0.3, -0.25) is 18.8 Å². The Hall–Kier alpha value is -4.99. The summed E-state index contributed by atoms with van der Waals surface area (Å²) in [6.45, 7) is 5.47. The van der Waals surface area contributed by atoms with Crippen LogP contribution in [0.1, 0.15) is 26.7 Å². The minimum absolute atomic E-state index is 0.0439. The Morgan fingerprint density at radius 3 is 2.52 bits per heavy atom. The molecule has 44 heavy (non-hydrogen) atoms. The number of aliphatic hydroxyl groups excluding tert-OH is 1. The number of nitrogens with two attached hydrogens (primary N) is 1. The Balaban J connectivity index is 1.29. The topological polar surface area (TPSA) is 156 Å².